The van der Waals surface area contributed by atoms with Crippen molar-refractivity contribution in [1.29, 1.82) is 0 Å². The van der Waals surface area contributed by atoms with Crippen LogP contribution in [-0.2, 0) is 0 Å². The van der Waals surface area contributed by atoms with Crippen molar-refractivity contribution in [2.24, 2.45) is 29.6 Å². The van der Waals surface area contributed by atoms with E-state index in [0.29, 0.717) is 17.4 Å². The average Bonchev–Trinajstić information content (AvgIpc) is 3.14. The van der Waals surface area contributed by atoms with Gasteiger partial charge in [0.2, 0.25) is 0 Å². The van der Waals surface area contributed by atoms with Crippen molar-refractivity contribution in [3.63, 3.8) is 0 Å². The molecular formula is C19H24N2O2. The minimum absolute atomic E-state index is 0.00522. The van der Waals surface area contributed by atoms with E-state index in [4.69, 9.17) is 0 Å². The summed E-state index contributed by atoms with van der Waals surface area (Å²) < 4.78 is 0. The lowest BCUT2D eigenvalue weighted by atomic mass is 9.70. The van der Waals surface area contributed by atoms with E-state index >= 15 is 0 Å². The van der Waals surface area contributed by atoms with Gasteiger partial charge in [-0.2, -0.15) is 0 Å². The second kappa shape index (κ2) is 5.59. The molecule has 3 aliphatic carbocycles. The number of aromatic hydroxyl groups is 1. The number of nitrogens with one attached hydrogen (secondary N) is 2. The van der Waals surface area contributed by atoms with E-state index in [1.807, 2.05) is 0 Å². The van der Waals surface area contributed by atoms with Gasteiger partial charge in [-0.1, -0.05) is 25.1 Å². The van der Waals surface area contributed by atoms with E-state index in [1.165, 1.54) is 31.7 Å². The first-order valence-electron chi connectivity index (χ1n) is 8.69. The molecule has 0 saturated heterocycles. The maximum atomic E-state index is 12.2. The van der Waals surface area contributed by atoms with Crippen molar-refractivity contribution in [2.45, 2.75) is 32.6 Å². The minimum Gasteiger partial charge on any atom is -0.507 e. The van der Waals surface area contributed by atoms with Crippen LogP contribution in [0.3, 0.4) is 0 Å². The van der Waals surface area contributed by atoms with Crippen LogP contribution in [0.15, 0.2) is 36.0 Å². The van der Waals surface area contributed by atoms with Crippen LogP contribution < -0.4 is 10.9 Å². The van der Waals surface area contributed by atoms with Crippen LogP contribution in [0.5, 0.6) is 5.75 Å². The standard InChI is InChI=1S/C19H24N2O2/c1-11-8-15-12-6-7-13(9-12)16(15)10-17(11)20-21-19(23)14-4-2-3-5-18(14)22/h2-5,10-13,15-16,20,22H,6-9H2,1H3,(H,21,23)/t11-,12-,13+,15+,16-/m1/s1. The number of rotatable bonds is 3. The predicted molar refractivity (Wildman–Crippen MR) is 88.4 cm³/mol. The molecule has 1 aromatic carbocycles. The van der Waals surface area contributed by atoms with E-state index in [-0.39, 0.29) is 11.7 Å². The molecule has 0 spiro atoms. The van der Waals surface area contributed by atoms with E-state index in [9.17, 15) is 9.90 Å². The fourth-order valence-electron chi connectivity index (χ4n) is 5.00. The van der Waals surface area contributed by atoms with Gasteiger partial charge in [0.1, 0.15) is 5.75 Å². The first-order chi connectivity index (χ1) is 11.1. The van der Waals surface area contributed by atoms with Crippen molar-refractivity contribution < 1.29 is 9.90 Å². The Hall–Kier alpha value is -1.97. The number of hydrazine groups is 1. The lowest BCUT2D eigenvalue weighted by molar-refractivity contribution is 0.0931. The highest BCUT2D eigenvalue weighted by molar-refractivity contribution is 5.96. The molecule has 2 bridgehead atoms. The molecule has 4 heteroatoms. The van der Waals surface area contributed by atoms with Crippen LogP contribution in [0, 0.1) is 29.6 Å². The second-order valence-electron chi connectivity index (χ2n) is 7.43. The number of hydrogen-bond donors (Lipinski definition) is 3. The van der Waals surface area contributed by atoms with Crippen molar-refractivity contribution in [1.82, 2.24) is 10.9 Å². The number of phenolic OH excluding ortho intramolecular Hbond substituents is 1. The molecule has 4 nitrogen and oxygen atoms in total. The third kappa shape index (κ3) is 2.50. The summed E-state index contributed by atoms with van der Waals surface area (Å²) in [6, 6.07) is 6.60. The normalized spacial score (nSPS) is 34.7. The fraction of sp³-hybridized carbons (Fsp3) is 0.526. The molecule has 23 heavy (non-hydrogen) atoms. The van der Waals surface area contributed by atoms with Crippen LogP contribution in [0.4, 0.5) is 0 Å². The fourth-order valence-corrected chi connectivity index (χ4v) is 5.00. The zero-order valence-electron chi connectivity index (χ0n) is 13.5. The van der Waals surface area contributed by atoms with Gasteiger partial charge in [-0.25, -0.2) is 0 Å². The van der Waals surface area contributed by atoms with Crippen LogP contribution in [-0.4, -0.2) is 11.0 Å². The zero-order valence-corrected chi connectivity index (χ0v) is 13.5. The van der Waals surface area contributed by atoms with Crippen molar-refractivity contribution in [3.05, 3.63) is 41.6 Å². The number of phenols is 1. The number of hydrogen-bond acceptors (Lipinski definition) is 3. The second-order valence-corrected chi connectivity index (χ2v) is 7.43. The molecule has 122 valence electrons. The Morgan fingerprint density at radius 2 is 1.96 bits per heavy atom. The summed E-state index contributed by atoms with van der Waals surface area (Å²) in [5, 5.41) is 9.76. The third-order valence-corrected chi connectivity index (χ3v) is 6.16. The van der Waals surface area contributed by atoms with Gasteiger partial charge in [0.25, 0.3) is 5.91 Å². The first kappa shape index (κ1) is 14.6. The summed E-state index contributed by atoms with van der Waals surface area (Å²) in [5.74, 6) is 3.47. The summed E-state index contributed by atoms with van der Waals surface area (Å²) in [6.45, 7) is 2.23. The van der Waals surface area contributed by atoms with Gasteiger partial charge in [0.05, 0.1) is 5.56 Å². The highest BCUT2D eigenvalue weighted by Crippen LogP contribution is 2.57. The van der Waals surface area contributed by atoms with E-state index in [2.05, 4.69) is 23.9 Å². The Labute approximate surface area is 136 Å². The number of allylic oxidation sites excluding steroid dienone is 2. The molecule has 4 rings (SSSR count). The third-order valence-electron chi connectivity index (χ3n) is 6.16. The molecule has 2 saturated carbocycles. The number of fused-ring (bicyclic) bond motifs is 5. The summed E-state index contributed by atoms with van der Waals surface area (Å²) >= 11 is 0. The number of carbonyl (C=O) groups excluding carboxylic acids is 1. The molecule has 0 radical (unpaired) electrons. The maximum absolute atomic E-state index is 12.2. The number of benzene rings is 1. The molecular weight excluding hydrogens is 288 g/mol. The maximum Gasteiger partial charge on any atom is 0.273 e. The topological polar surface area (TPSA) is 61.4 Å². The number of carbonyl (C=O) groups is 1. The molecule has 2 fully saturated rings. The SMILES string of the molecule is C[C@@H]1C[C@H]2[C@@H]3CC[C@@H](C3)[C@H]2C=C1NNC(=O)c1ccccc1O. The molecule has 1 aromatic rings. The van der Waals surface area contributed by atoms with Crippen molar-refractivity contribution in [3.8, 4) is 5.75 Å². The van der Waals surface area contributed by atoms with Crippen molar-refractivity contribution in [2.75, 3.05) is 0 Å². The summed E-state index contributed by atoms with van der Waals surface area (Å²) in [4.78, 5) is 12.2. The minimum atomic E-state index is -0.300. The average molecular weight is 312 g/mol. The van der Waals surface area contributed by atoms with Gasteiger partial charge in [-0.15, -0.1) is 0 Å². The van der Waals surface area contributed by atoms with Crippen LogP contribution in [0.1, 0.15) is 43.0 Å². The Kier molecular flexibility index (Phi) is 3.55. The monoisotopic (exact) mass is 312 g/mol. The van der Waals surface area contributed by atoms with Gasteiger partial charge < -0.3 is 10.5 Å². The molecule has 3 aliphatic rings. The van der Waals surface area contributed by atoms with Gasteiger partial charge in [0, 0.05) is 5.70 Å². The van der Waals surface area contributed by atoms with E-state index < -0.39 is 0 Å². The lowest BCUT2D eigenvalue weighted by Gasteiger charge is -2.37. The molecule has 5 atom stereocenters. The van der Waals surface area contributed by atoms with Gasteiger partial charge in [-0.05, 0) is 67.4 Å². The highest BCUT2D eigenvalue weighted by atomic mass is 16.3. The Bertz CT molecular complexity index is 655. The molecule has 0 heterocycles. The van der Waals surface area contributed by atoms with Crippen LogP contribution in [0.25, 0.3) is 0 Å². The Balaban J connectivity index is 1.45. The molecule has 0 aromatic heterocycles. The predicted octanol–water partition coefficient (Wildman–Crippen LogP) is 3.21. The molecule has 0 unspecified atom stereocenters. The van der Waals surface area contributed by atoms with E-state index in [0.717, 1.165) is 23.5 Å². The van der Waals surface area contributed by atoms with E-state index in [1.54, 1.807) is 18.2 Å². The summed E-state index contributed by atoms with van der Waals surface area (Å²) in [7, 11) is 0. The van der Waals surface area contributed by atoms with Crippen molar-refractivity contribution >= 4 is 5.91 Å². The number of para-hydroxylation sites is 1. The zero-order chi connectivity index (χ0) is 16.0. The Morgan fingerprint density at radius 1 is 1.17 bits per heavy atom. The Morgan fingerprint density at radius 3 is 2.78 bits per heavy atom. The van der Waals surface area contributed by atoms with Gasteiger partial charge in [0.15, 0.2) is 0 Å². The van der Waals surface area contributed by atoms with Gasteiger partial charge >= 0.3 is 0 Å². The molecule has 3 N–H and O–H groups in total. The highest BCUT2D eigenvalue weighted by Gasteiger charge is 2.48. The van der Waals surface area contributed by atoms with Crippen LogP contribution >= 0.6 is 0 Å². The quantitative estimate of drug-likeness (QED) is 0.751. The summed E-state index contributed by atoms with van der Waals surface area (Å²) in [5.41, 5.74) is 7.29. The largest absolute Gasteiger partial charge is 0.507 e. The van der Waals surface area contributed by atoms with Gasteiger partial charge in [-0.3, -0.25) is 10.2 Å². The smallest absolute Gasteiger partial charge is 0.273 e. The molecule has 1 amide bonds. The van der Waals surface area contributed by atoms with Crippen LogP contribution in [0.2, 0.25) is 0 Å². The number of amides is 1. The molecule has 0 aliphatic heterocycles. The summed E-state index contributed by atoms with van der Waals surface area (Å²) in [6.07, 6.45) is 7.77. The first-order valence-corrected chi connectivity index (χ1v) is 8.69. The lowest BCUT2D eigenvalue weighted by Crippen LogP contribution is -2.41.